The number of halogens is 1. The number of hydrogen-bond acceptors (Lipinski definition) is 6. The van der Waals surface area contributed by atoms with Crippen LogP contribution >= 0.6 is 15.9 Å². The second kappa shape index (κ2) is 8.49. The van der Waals surface area contributed by atoms with Crippen molar-refractivity contribution < 1.29 is 14.1 Å². The molecular formula is C22H15BrN4O4. The molecule has 0 saturated heterocycles. The molecule has 0 aliphatic carbocycles. The smallest absolute Gasteiger partial charge is 0.400 e. The van der Waals surface area contributed by atoms with Crippen molar-refractivity contribution >= 4 is 50.7 Å². The number of anilines is 1. The minimum Gasteiger partial charge on any atom is -0.400 e. The second-order valence-corrected chi connectivity index (χ2v) is 7.48. The van der Waals surface area contributed by atoms with E-state index in [4.69, 9.17) is 4.42 Å². The van der Waals surface area contributed by atoms with Gasteiger partial charge in [0.05, 0.1) is 17.8 Å². The molecule has 2 heterocycles. The van der Waals surface area contributed by atoms with Crippen LogP contribution in [0.3, 0.4) is 0 Å². The average Bonchev–Trinajstić information content (AvgIpc) is 3.23. The van der Waals surface area contributed by atoms with Crippen LogP contribution in [0, 0.1) is 10.1 Å². The van der Waals surface area contributed by atoms with Crippen molar-refractivity contribution in [2.45, 2.75) is 6.92 Å². The zero-order chi connectivity index (χ0) is 22.0. The molecule has 0 aliphatic heterocycles. The molecular weight excluding hydrogens is 464 g/mol. The first-order valence-electron chi connectivity index (χ1n) is 9.17. The molecule has 0 saturated carbocycles. The molecule has 154 valence electrons. The molecule has 8 nitrogen and oxygen atoms in total. The number of nitrogens with zero attached hydrogens (tertiary/aromatic N) is 4. The number of amides is 1. The number of carbonyl (C=O) groups is 1. The fourth-order valence-electron chi connectivity index (χ4n) is 3.08. The highest BCUT2D eigenvalue weighted by atomic mass is 79.9. The summed E-state index contributed by atoms with van der Waals surface area (Å²) in [5.41, 5.74) is 2.54. The lowest BCUT2D eigenvalue weighted by Gasteiger charge is -2.17. The molecule has 2 aromatic carbocycles. The lowest BCUT2D eigenvalue weighted by atomic mass is 10.0. The number of hydrazone groups is 1. The summed E-state index contributed by atoms with van der Waals surface area (Å²) >= 11 is 3.50. The number of hydrogen-bond donors (Lipinski definition) is 0. The summed E-state index contributed by atoms with van der Waals surface area (Å²) in [5.74, 6) is -0.318. The summed E-state index contributed by atoms with van der Waals surface area (Å²) in [4.78, 5) is 27.1. The molecule has 1 amide bonds. The second-order valence-electron chi connectivity index (χ2n) is 6.56. The van der Waals surface area contributed by atoms with Crippen molar-refractivity contribution in [2.75, 3.05) is 5.01 Å². The summed E-state index contributed by atoms with van der Waals surface area (Å²) < 4.78 is 5.99. The van der Waals surface area contributed by atoms with Gasteiger partial charge in [0.1, 0.15) is 4.92 Å². The van der Waals surface area contributed by atoms with Gasteiger partial charge in [-0.2, -0.15) is 10.1 Å². The van der Waals surface area contributed by atoms with E-state index < -0.39 is 10.8 Å². The molecule has 9 heteroatoms. The fourth-order valence-corrected chi connectivity index (χ4v) is 3.44. The van der Waals surface area contributed by atoms with Crippen molar-refractivity contribution in [2.24, 2.45) is 5.10 Å². The lowest BCUT2D eigenvalue weighted by Crippen LogP contribution is -2.23. The van der Waals surface area contributed by atoms with Crippen molar-refractivity contribution in [3.63, 3.8) is 0 Å². The van der Waals surface area contributed by atoms with Crippen LogP contribution in [-0.2, 0) is 4.79 Å². The van der Waals surface area contributed by atoms with Crippen LogP contribution in [-0.4, -0.2) is 22.0 Å². The Bertz CT molecular complexity index is 1320. The van der Waals surface area contributed by atoms with Crippen LogP contribution in [0.4, 0.5) is 11.7 Å². The van der Waals surface area contributed by atoms with Crippen LogP contribution in [0.2, 0.25) is 0 Å². The summed E-state index contributed by atoms with van der Waals surface area (Å²) in [6.45, 7) is 1.36. The standard InChI is InChI=1S/C22H15BrN4O4/c1-14(28)26(24-13-17-8-10-22(31-17)27(29)30)21-12-18(15-5-3-2-4-6-15)19-11-16(23)7-9-20(19)25-21/h2-13H,1H3. The Morgan fingerprint density at radius 1 is 1.16 bits per heavy atom. The minimum absolute atomic E-state index is 0.144. The van der Waals surface area contributed by atoms with E-state index in [1.807, 2.05) is 48.5 Å². The first kappa shape index (κ1) is 20.4. The summed E-state index contributed by atoms with van der Waals surface area (Å²) in [5, 5.41) is 17.0. The normalized spacial score (nSPS) is 11.2. The Morgan fingerprint density at radius 3 is 2.61 bits per heavy atom. The molecule has 0 spiro atoms. The Morgan fingerprint density at radius 2 is 1.94 bits per heavy atom. The molecule has 31 heavy (non-hydrogen) atoms. The zero-order valence-corrected chi connectivity index (χ0v) is 17.8. The van der Waals surface area contributed by atoms with Crippen LogP contribution < -0.4 is 5.01 Å². The summed E-state index contributed by atoms with van der Waals surface area (Å²) in [6.07, 6.45) is 1.24. The van der Waals surface area contributed by atoms with E-state index >= 15 is 0 Å². The van der Waals surface area contributed by atoms with Crippen LogP contribution in [0.25, 0.3) is 22.0 Å². The number of furan rings is 1. The monoisotopic (exact) mass is 478 g/mol. The maximum Gasteiger partial charge on any atom is 0.433 e. The SMILES string of the molecule is CC(=O)N(N=Cc1ccc([N+](=O)[O-])o1)c1cc(-c2ccccc2)c2cc(Br)ccc2n1. The Balaban J connectivity index is 1.82. The maximum absolute atomic E-state index is 12.3. The molecule has 0 bridgehead atoms. The van der Waals surface area contributed by atoms with Gasteiger partial charge in [-0.3, -0.25) is 14.9 Å². The highest BCUT2D eigenvalue weighted by Crippen LogP contribution is 2.33. The number of nitro groups is 1. The number of pyridine rings is 1. The Labute approximate surface area is 185 Å². The first-order chi connectivity index (χ1) is 14.9. The van der Waals surface area contributed by atoms with E-state index in [9.17, 15) is 14.9 Å². The average molecular weight is 479 g/mol. The van der Waals surface area contributed by atoms with Gasteiger partial charge in [-0.05, 0) is 41.5 Å². The minimum atomic E-state index is -0.644. The number of benzene rings is 2. The van der Waals surface area contributed by atoms with E-state index in [0.29, 0.717) is 11.3 Å². The molecule has 0 aliphatic rings. The van der Waals surface area contributed by atoms with Gasteiger partial charge in [-0.1, -0.05) is 46.3 Å². The van der Waals surface area contributed by atoms with Crippen LogP contribution in [0.1, 0.15) is 12.7 Å². The lowest BCUT2D eigenvalue weighted by molar-refractivity contribution is -0.402. The van der Waals surface area contributed by atoms with Gasteiger partial charge in [-0.25, -0.2) is 4.98 Å². The Kier molecular flexibility index (Phi) is 5.59. The number of carbonyl (C=O) groups excluding carboxylic acids is 1. The van der Waals surface area contributed by atoms with Gasteiger partial charge in [0.25, 0.3) is 0 Å². The van der Waals surface area contributed by atoms with Crippen LogP contribution in [0.5, 0.6) is 0 Å². The maximum atomic E-state index is 12.3. The molecule has 4 aromatic rings. The third-order valence-corrected chi connectivity index (χ3v) is 4.94. The van der Waals surface area contributed by atoms with Gasteiger partial charge < -0.3 is 4.42 Å². The third-order valence-electron chi connectivity index (χ3n) is 4.45. The van der Waals surface area contributed by atoms with Gasteiger partial charge in [0.2, 0.25) is 5.91 Å². The number of fused-ring (bicyclic) bond motifs is 1. The quantitative estimate of drug-likeness (QED) is 0.212. The predicted molar refractivity (Wildman–Crippen MR) is 121 cm³/mol. The molecule has 0 unspecified atom stereocenters. The molecule has 4 rings (SSSR count). The number of aromatic nitrogens is 1. The van der Waals surface area contributed by atoms with E-state index in [2.05, 4.69) is 26.0 Å². The van der Waals surface area contributed by atoms with Crippen molar-refractivity contribution in [1.29, 1.82) is 0 Å². The highest BCUT2D eigenvalue weighted by molar-refractivity contribution is 9.10. The first-order valence-corrected chi connectivity index (χ1v) is 9.96. The van der Waals surface area contributed by atoms with Crippen LogP contribution in [0.15, 0.2) is 80.7 Å². The zero-order valence-electron chi connectivity index (χ0n) is 16.2. The van der Waals surface area contributed by atoms with Crippen molar-refractivity contribution in [3.8, 4) is 11.1 Å². The van der Waals surface area contributed by atoms with Gasteiger partial charge in [0.15, 0.2) is 11.6 Å². The van der Waals surface area contributed by atoms with E-state index in [-0.39, 0.29) is 11.7 Å². The molecule has 2 aromatic heterocycles. The third kappa shape index (κ3) is 4.36. The molecule has 0 radical (unpaired) electrons. The Hall–Kier alpha value is -3.85. The topological polar surface area (TPSA) is 102 Å². The molecule has 0 atom stereocenters. The van der Waals surface area contributed by atoms with E-state index in [0.717, 1.165) is 26.0 Å². The summed E-state index contributed by atoms with van der Waals surface area (Å²) in [7, 11) is 0. The molecule has 0 N–H and O–H groups in total. The highest BCUT2D eigenvalue weighted by Gasteiger charge is 2.17. The van der Waals surface area contributed by atoms with Gasteiger partial charge >= 0.3 is 5.88 Å². The fraction of sp³-hybridized carbons (Fsp3) is 0.0455. The van der Waals surface area contributed by atoms with E-state index in [1.165, 1.54) is 25.3 Å². The van der Waals surface area contributed by atoms with Crippen molar-refractivity contribution in [1.82, 2.24) is 4.98 Å². The summed E-state index contributed by atoms with van der Waals surface area (Å²) in [6, 6.07) is 19.9. The predicted octanol–water partition coefficient (Wildman–Crippen LogP) is 5.55. The van der Waals surface area contributed by atoms with Gasteiger partial charge in [0, 0.05) is 16.8 Å². The number of rotatable bonds is 5. The molecule has 0 fully saturated rings. The van der Waals surface area contributed by atoms with E-state index in [1.54, 1.807) is 6.07 Å². The van der Waals surface area contributed by atoms with Gasteiger partial charge in [-0.15, -0.1) is 0 Å². The van der Waals surface area contributed by atoms with Crippen molar-refractivity contribution in [3.05, 3.63) is 87.1 Å². The largest absolute Gasteiger partial charge is 0.433 e.